The molecule has 1 aromatic heterocycles. The molecule has 122 valence electrons. The lowest BCUT2D eigenvalue weighted by Gasteiger charge is -2.35. The Bertz CT molecular complexity index is 449. The normalized spacial score (nSPS) is 24.3. The predicted molar refractivity (Wildman–Crippen MR) is 81.5 cm³/mol. The molecule has 1 amide bonds. The van der Waals surface area contributed by atoms with E-state index in [0.717, 1.165) is 52.2 Å². The first-order valence-electron chi connectivity index (χ1n) is 8.30. The number of carbonyl (C=O) groups is 1. The maximum Gasteiger partial charge on any atom is 0.273 e. The Morgan fingerprint density at radius 3 is 2.86 bits per heavy atom. The molecular formula is C16H25N3O3. The highest BCUT2D eigenvalue weighted by molar-refractivity contribution is 5.91. The molecule has 1 atom stereocenters. The molecule has 6 heteroatoms. The second kappa shape index (κ2) is 7.74. The smallest absolute Gasteiger partial charge is 0.273 e. The third kappa shape index (κ3) is 4.30. The van der Waals surface area contributed by atoms with Crippen LogP contribution in [0.5, 0.6) is 0 Å². The van der Waals surface area contributed by atoms with E-state index in [9.17, 15) is 4.79 Å². The van der Waals surface area contributed by atoms with Crippen LogP contribution in [0.2, 0.25) is 0 Å². The summed E-state index contributed by atoms with van der Waals surface area (Å²) in [7, 11) is 0. The quantitative estimate of drug-likeness (QED) is 0.894. The third-order valence-electron chi connectivity index (χ3n) is 4.70. The Hall–Kier alpha value is -1.40. The molecule has 0 radical (unpaired) electrons. The van der Waals surface area contributed by atoms with Crippen LogP contribution in [-0.4, -0.2) is 55.4 Å². The molecule has 2 aliphatic heterocycles. The number of aromatic nitrogens is 1. The van der Waals surface area contributed by atoms with Gasteiger partial charge in [-0.2, -0.15) is 0 Å². The van der Waals surface area contributed by atoms with E-state index in [4.69, 9.17) is 4.74 Å². The molecule has 22 heavy (non-hydrogen) atoms. The van der Waals surface area contributed by atoms with Crippen molar-refractivity contribution >= 4 is 5.91 Å². The number of rotatable bonds is 5. The lowest BCUT2D eigenvalue weighted by molar-refractivity contribution is 0.0326. The SMILES string of the molecule is O=C(NCC1CCN(CC2CCCOC2)CC1)c1ccon1. The van der Waals surface area contributed by atoms with Crippen molar-refractivity contribution in [1.82, 2.24) is 15.4 Å². The van der Waals surface area contributed by atoms with Crippen molar-refractivity contribution in [1.29, 1.82) is 0 Å². The second-order valence-corrected chi connectivity index (χ2v) is 6.42. The molecule has 0 saturated carbocycles. The van der Waals surface area contributed by atoms with Crippen molar-refractivity contribution in [2.75, 3.05) is 39.4 Å². The van der Waals surface area contributed by atoms with Gasteiger partial charge in [0.1, 0.15) is 6.26 Å². The lowest BCUT2D eigenvalue weighted by atomic mass is 9.94. The number of carbonyl (C=O) groups excluding carboxylic acids is 1. The van der Waals surface area contributed by atoms with Crippen LogP contribution >= 0.6 is 0 Å². The first-order valence-corrected chi connectivity index (χ1v) is 8.30. The van der Waals surface area contributed by atoms with Gasteiger partial charge in [-0.3, -0.25) is 4.79 Å². The van der Waals surface area contributed by atoms with Crippen molar-refractivity contribution < 1.29 is 14.1 Å². The zero-order chi connectivity index (χ0) is 15.2. The maximum absolute atomic E-state index is 11.8. The summed E-state index contributed by atoms with van der Waals surface area (Å²) in [6.45, 7) is 6.00. The highest BCUT2D eigenvalue weighted by Crippen LogP contribution is 2.20. The Morgan fingerprint density at radius 1 is 1.32 bits per heavy atom. The van der Waals surface area contributed by atoms with Crippen LogP contribution in [-0.2, 0) is 4.74 Å². The number of hydrogen-bond acceptors (Lipinski definition) is 5. The Kier molecular flexibility index (Phi) is 5.45. The number of amides is 1. The van der Waals surface area contributed by atoms with Gasteiger partial charge in [-0.15, -0.1) is 0 Å². The molecule has 2 fully saturated rings. The maximum atomic E-state index is 11.8. The van der Waals surface area contributed by atoms with Gasteiger partial charge in [0.15, 0.2) is 5.69 Å². The van der Waals surface area contributed by atoms with Crippen LogP contribution in [0.15, 0.2) is 16.9 Å². The minimum absolute atomic E-state index is 0.143. The molecule has 2 aliphatic rings. The van der Waals surface area contributed by atoms with Gasteiger partial charge in [0, 0.05) is 25.8 Å². The molecule has 2 saturated heterocycles. The van der Waals surface area contributed by atoms with Crippen LogP contribution in [0, 0.1) is 11.8 Å². The molecule has 1 unspecified atom stereocenters. The van der Waals surface area contributed by atoms with E-state index in [1.807, 2.05) is 0 Å². The standard InChI is InChI=1S/C16H25N3O3/c20-16(15-5-9-22-18-15)17-10-13-3-6-19(7-4-13)11-14-2-1-8-21-12-14/h5,9,13-14H,1-4,6-8,10-12H2,(H,17,20). The fraction of sp³-hybridized carbons (Fsp3) is 0.750. The Labute approximate surface area is 131 Å². The fourth-order valence-electron chi connectivity index (χ4n) is 3.35. The number of nitrogens with zero attached hydrogens (tertiary/aromatic N) is 2. The third-order valence-corrected chi connectivity index (χ3v) is 4.70. The van der Waals surface area contributed by atoms with E-state index >= 15 is 0 Å². The number of hydrogen-bond donors (Lipinski definition) is 1. The minimum Gasteiger partial charge on any atom is -0.381 e. The summed E-state index contributed by atoms with van der Waals surface area (Å²) in [5.41, 5.74) is 0.356. The van der Waals surface area contributed by atoms with Crippen molar-refractivity contribution in [3.63, 3.8) is 0 Å². The highest BCUT2D eigenvalue weighted by Gasteiger charge is 2.23. The van der Waals surface area contributed by atoms with Gasteiger partial charge in [-0.25, -0.2) is 0 Å². The average Bonchev–Trinajstić information content (AvgIpc) is 3.09. The highest BCUT2D eigenvalue weighted by atomic mass is 16.5. The summed E-state index contributed by atoms with van der Waals surface area (Å²) in [6.07, 6.45) is 6.21. The van der Waals surface area contributed by atoms with Gasteiger partial charge in [-0.05, 0) is 50.6 Å². The van der Waals surface area contributed by atoms with E-state index in [2.05, 4.69) is 19.9 Å². The van der Waals surface area contributed by atoms with Crippen LogP contribution in [0.1, 0.15) is 36.2 Å². The van der Waals surface area contributed by atoms with E-state index in [0.29, 0.717) is 17.5 Å². The lowest BCUT2D eigenvalue weighted by Crippen LogP contribution is -2.41. The van der Waals surface area contributed by atoms with Gasteiger partial charge in [-0.1, -0.05) is 5.16 Å². The van der Waals surface area contributed by atoms with E-state index in [1.165, 1.54) is 19.1 Å². The Balaban J connectivity index is 1.34. The molecule has 0 aromatic carbocycles. The van der Waals surface area contributed by atoms with Crippen molar-refractivity contribution in [2.45, 2.75) is 25.7 Å². The van der Waals surface area contributed by atoms with Crippen molar-refractivity contribution in [3.05, 3.63) is 18.0 Å². The predicted octanol–water partition coefficient (Wildman–Crippen LogP) is 1.54. The monoisotopic (exact) mass is 307 g/mol. The first kappa shape index (κ1) is 15.5. The molecule has 0 bridgehead atoms. The molecule has 6 nitrogen and oxygen atoms in total. The fourth-order valence-corrected chi connectivity index (χ4v) is 3.35. The van der Waals surface area contributed by atoms with Gasteiger partial charge in [0.25, 0.3) is 5.91 Å². The van der Waals surface area contributed by atoms with Gasteiger partial charge in [0.05, 0.1) is 6.61 Å². The van der Waals surface area contributed by atoms with Gasteiger partial charge in [0.2, 0.25) is 0 Å². The number of ether oxygens (including phenoxy) is 1. The van der Waals surface area contributed by atoms with Crippen molar-refractivity contribution in [2.24, 2.45) is 11.8 Å². The summed E-state index contributed by atoms with van der Waals surface area (Å²) >= 11 is 0. The summed E-state index contributed by atoms with van der Waals surface area (Å²) in [5.74, 6) is 1.13. The zero-order valence-electron chi connectivity index (χ0n) is 13.0. The number of piperidine rings is 1. The average molecular weight is 307 g/mol. The Morgan fingerprint density at radius 2 is 2.18 bits per heavy atom. The van der Waals surface area contributed by atoms with Gasteiger partial charge < -0.3 is 19.5 Å². The topological polar surface area (TPSA) is 67.6 Å². The molecule has 0 aliphatic carbocycles. The minimum atomic E-state index is -0.143. The summed E-state index contributed by atoms with van der Waals surface area (Å²) in [5, 5.41) is 6.60. The van der Waals surface area contributed by atoms with Crippen LogP contribution in [0.3, 0.4) is 0 Å². The van der Waals surface area contributed by atoms with Crippen LogP contribution in [0.4, 0.5) is 0 Å². The summed E-state index contributed by atoms with van der Waals surface area (Å²) in [6, 6.07) is 1.59. The second-order valence-electron chi connectivity index (χ2n) is 6.42. The molecule has 1 aromatic rings. The van der Waals surface area contributed by atoms with E-state index < -0.39 is 0 Å². The molecule has 1 N–H and O–H groups in total. The van der Waals surface area contributed by atoms with E-state index in [1.54, 1.807) is 6.07 Å². The molecule has 3 rings (SSSR count). The number of nitrogens with one attached hydrogen (secondary N) is 1. The zero-order valence-corrected chi connectivity index (χ0v) is 13.0. The molecule has 0 spiro atoms. The first-order chi connectivity index (χ1) is 10.8. The van der Waals surface area contributed by atoms with Crippen molar-refractivity contribution in [3.8, 4) is 0 Å². The van der Waals surface area contributed by atoms with Crippen LogP contribution in [0.25, 0.3) is 0 Å². The largest absolute Gasteiger partial charge is 0.381 e. The summed E-state index contributed by atoms with van der Waals surface area (Å²) < 4.78 is 10.2. The summed E-state index contributed by atoms with van der Waals surface area (Å²) in [4.78, 5) is 14.4. The van der Waals surface area contributed by atoms with E-state index in [-0.39, 0.29) is 5.91 Å². The number of likely N-dealkylation sites (tertiary alicyclic amines) is 1. The molecule has 3 heterocycles. The van der Waals surface area contributed by atoms with Gasteiger partial charge >= 0.3 is 0 Å². The molecular weight excluding hydrogens is 282 g/mol. The van der Waals surface area contributed by atoms with Crippen LogP contribution < -0.4 is 5.32 Å².